The summed E-state index contributed by atoms with van der Waals surface area (Å²) in [6.45, 7) is 7.33. The molecule has 3 rings (SSSR count). The van der Waals surface area contributed by atoms with E-state index in [0.717, 1.165) is 49.8 Å². The van der Waals surface area contributed by atoms with Gasteiger partial charge in [0.2, 0.25) is 0 Å². The van der Waals surface area contributed by atoms with Crippen molar-refractivity contribution >= 4 is 5.69 Å². The molecular formula is C19H33N5O2. The van der Waals surface area contributed by atoms with Gasteiger partial charge in [0.25, 0.3) is 0 Å². The fourth-order valence-corrected chi connectivity index (χ4v) is 3.63. The van der Waals surface area contributed by atoms with Gasteiger partial charge in [0.15, 0.2) is 11.5 Å². The van der Waals surface area contributed by atoms with Crippen molar-refractivity contribution in [3.05, 3.63) is 18.2 Å². The summed E-state index contributed by atoms with van der Waals surface area (Å²) in [6.07, 6.45) is 2.60. The third-order valence-electron chi connectivity index (χ3n) is 5.26. The average molecular weight is 364 g/mol. The average Bonchev–Trinajstić information content (AvgIpc) is 3.15. The smallest absolute Gasteiger partial charge is 0.163 e. The summed E-state index contributed by atoms with van der Waals surface area (Å²) in [4.78, 5) is 2.47. The Morgan fingerprint density at radius 3 is 2.88 bits per heavy atom. The molecule has 7 nitrogen and oxygen atoms in total. The van der Waals surface area contributed by atoms with Crippen LogP contribution in [0.1, 0.15) is 19.8 Å². The number of nitrogens with one attached hydrogen (secondary N) is 4. The number of hydrogen-bond acceptors (Lipinski definition) is 7. The van der Waals surface area contributed by atoms with Gasteiger partial charge < -0.3 is 25.0 Å². The first-order valence-electron chi connectivity index (χ1n) is 9.68. The van der Waals surface area contributed by atoms with Crippen molar-refractivity contribution < 1.29 is 9.47 Å². The van der Waals surface area contributed by atoms with Gasteiger partial charge in [0.05, 0.1) is 19.9 Å². The molecular weight excluding hydrogens is 330 g/mol. The first-order chi connectivity index (χ1) is 12.7. The van der Waals surface area contributed by atoms with E-state index in [1.807, 2.05) is 25.2 Å². The van der Waals surface area contributed by atoms with Crippen LogP contribution >= 0.6 is 0 Å². The van der Waals surface area contributed by atoms with Gasteiger partial charge in [-0.15, -0.1) is 0 Å². The molecule has 7 heteroatoms. The van der Waals surface area contributed by atoms with E-state index in [1.54, 1.807) is 7.11 Å². The third-order valence-corrected chi connectivity index (χ3v) is 5.26. The summed E-state index contributed by atoms with van der Waals surface area (Å²) in [5.41, 5.74) is 1.00. The lowest BCUT2D eigenvalue weighted by molar-refractivity contribution is 0.234. The standard InChI is InChI=1S/C19H33N5O2/c1-4-24-10-8-14(12-24)13-26-17-11-15(5-6-16(17)25-3)22-19-21-9-7-18(20-2)23-19/h5-6,11,14,18-23H,4,7-10,12-13H2,1-3H3/t14-,18?,19?/m1/s1. The highest BCUT2D eigenvalue weighted by molar-refractivity contribution is 5.55. The first-order valence-corrected chi connectivity index (χ1v) is 9.68. The number of anilines is 1. The van der Waals surface area contributed by atoms with Gasteiger partial charge in [-0.1, -0.05) is 6.92 Å². The first kappa shape index (κ1) is 19.2. The topological polar surface area (TPSA) is 69.8 Å². The van der Waals surface area contributed by atoms with E-state index in [9.17, 15) is 0 Å². The van der Waals surface area contributed by atoms with Crippen molar-refractivity contribution in [1.82, 2.24) is 20.9 Å². The molecule has 0 aromatic heterocycles. The Hall–Kier alpha value is -1.54. The van der Waals surface area contributed by atoms with Crippen LogP contribution in [0.2, 0.25) is 0 Å². The number of rotatable bonds is 8. The quantitative estimate of drug-likeness (QED) is 0.554. The number of benzene rings is 1. The highest BCUT2D eigenvalue weighted by atomic mass is 16.5. The van der Waals surface area contributed by atoms with E-state index in [-0.39, 0.29) is 6.29 Å². The van der Waals surface area contributed by atoms with Crippen LogP contribution in [0.3, 0.4) is 0 Å². The summed E-state index contributed by atoms with van der Waals surface area (Å²) < 4.78 is 11.6. The highest BCUT2D eigenvalue weighted by Crippen LogP contribution is 2.31. The predicted octanol–water partition coefficient (Wildman–Crippen LogP) is 1.24. The Bertz CT molecular complexity index is 571. The van der Waals surface area contributed by atoms with E-state index in [1.165, 1.54) is 13.0 Å². The molecule has 0 saturated carbocycles. The Morgan fingerprint density at radius 1 is 1.27 bits per heavy atom. The van der Waals surface area contributed by atoms with E-state index < -0.39 is 0 Å². The zero-order chi connectivity index (χ0) is 18.4. The van der Waals surface area contributed by atoms with Crippen molar-refractivity contribution in [2.45, 2.75) is 32.2 Å². The van der Waals surface area contributed by atoms with Crippen LogP contribution < -0.4 is 30.7 Å². The maximum absolute atomic E-state index is 6.13. The molecule has 26 heavy (non-hydrogen) atoms. The number of ether oxygens (including phenoxy) is 2. The summed E-state index contributed by atoms with van der Waals surface area (Å²) in [5.74, 6) is 2.17. The van der Waals surface area contributed by atoms with Crippen molar-refractivity contribution in [2.24, 2.45) is 5.92 Å². The fourth-order valence-electron chi connectivity index (χ4n) is 3.63. The molecule has 0 bridgehead atoms. The van der Waals surface area contributed by atoms with Gasteiger partial charge in [-0.3, -0.25) is 10.6 Å². The zero-order valence-corrected chi connectivity index (χ0v) is 16.2. The molecule has 2 unspecified atom stereocenters. The minimum Gasteiger partial charge on any atom is -0.493 e. The van der Waals surface area contributed by atoms with Gasteiger partial charge in [-0.05, 0) is 45.1 Å². The Kier molecular flexibility index (Phi) is 6.96. The lowest BCUT2D eigenvalue weighted by Crippen LogP contribution is -2.61. The monoisotopic (exact) mass is 363 g/mol. The molecule has 2 aliphatic heterocycles. The van der Waals surface area contributed by atoms with Gasteiger partial charge in [0.1, 0.15) is 6.29 Å². The van der Waals surface area contributed by atoms with E-state index >= 15 is 0 Å². The largest absolute Gasteiger partial charge is 0.493 e. The highest BCUT2D eigenvalue weighted by Gasteiger charge is 2.22. The molecule has 4 N–H and O–H groups in total. The molecule has 1 aromatic rings. The number of methoxy groups -OCH3 is 1. The van der Waals surface area contributed by atoms with Crippen LogP contribution in [0, 0.1) is 5.92 Å². The minimum absolute atomic E-state index is 0.0235. The summed E-state index contributed by atoms with van der Waals surface area (Å²) >= 11 is 0. The van der Waals surface area contributed by atoms with Crippen molar-refractivity contribution in [3.63, 3.8) is 0 Å². The van der Waals surface area contributed by atoms with Crippen LogP contribution in [-0.4, -0.2) is 64.3 Å². The molecule has 146 valence electrons. The van der Waals surface area contributed by atoms with Crippen molar-refractivity contribution in [1.29, 1.82) is 0 Å². The molecule has 0 radical (unpaired) electrons. The van der Waals surface area contributed by atoms with E-state index in [2.05, 4.69) is 33.1 Å². The maximum Gasteiger partial charge on any atom is 0.163 e. The second-order valence-electron chi connectivity index (χ2n) is 7.05. The second kappa shape index (κ2) is 9.41. The van der Waals surface area contributed by atoms with Gasteiger partial charge in [-0.2, -0.15) is 0 Å². The maximum atomic E-state index is 6.13. The number of nitrogens with zero attached hydrogens (tertiary/aromatic N) is 1. The Morgan fingerprint density at radius 2 is 2.15 bits per heavy atom. The van der Waals surface area contributed by atoms with Crippen LogP contribution in [0.5, 0.6) is 11.5 Å². The molecule has 0 spiro atoms. The molecule has 0 aliphatic carbocycles. The Labute approximate surface area is 156 Å². The van der Waals surface area contributed by atoms with Crippen LogP contribution in [0.4, 0.5) is 5.69 Å². The fraction of sp³-hybridized carbons (Fsp3) is 0.684. The Balaban J connectivity index is 1.59. The van der Waals surface area contributed by atoms with Gasteiger partial charge in [0, 0.05) is 30.8 Å². The van der Waals surface area contributed by atoms with Crippen molar-refractivity contribution in [3.8, 4) is 11.5 Å². The molecule has 0 amide bonds. The lowest BCUT2D eigenvalue weighted by Gasteiger charge is -2.33. The molecule has 2 fully saturated rings. The van der Waals surface area contributed by atoms with Gasteiger partial charge >= 0.3 is 0 Å². The van der Waals surface area contributed by atoms with E-state index in [0.29, 0.717) is 12.1 Å². The lowest BCUT2D eigenvalue weighted by atomic mass is 10.1. The van der Waals surface area contributed by atoms with Crippen LogP contribution in [0.15, 0.2) is 18.2 Å². The van der Waals surface area contributed by atoms with E-state index in [4.69, 9.17) is 9.47 Å². The van der Waals surface area contributed by atoms with Crippen LogP contribution in [-0.2, 0) is 0 Å². The number of likely N-dealkylation sites (tertiary alicyclic amines) is 1. The summed E-state index contributed by atoms with van der Waals surface area (Å²) in [6, 6.07) is 6.01. The third kappa shape index (κ3) is 5.01. The normalized spacial score (nSPS) is 26.7. The molecule has 2 saturated heterocycles. The second-order valence-corrected chi connectivity index (χ2v) is 7.05. The predicted molar refractivity (Wildman–Crippen MR) is 105 cm³/mol. The van der Waals surface area contributed by atoms with Crippen LogP contribution in [0.25, 0.3) is 0 Å². The molecule has 2 aliphatic rings. The molecule has 3 atom stereocenters. The summed E-state index contributed by atoms with van der Waals surface area (Å²) in [7, 11) is 3.66. The minimum atomic E-state index is 0.0235. The molecule has 1 aromatic carbocycles. The van der Waals surface area contributed by atoms with Gasteiger partial charge in [-0.25, -0.2) is 0 Å². The summed E-state index contributed by atoms with van der Waals surface area (Å²) in [5, 5.41) is 13.6. The SMILES string of the molecule is CCN1CC[C@@H](COc2cc(NC3NCCC(NC)N3)ccc2OC)C1. The molecule has 2 heterocycles. The zero-order valence-electron chi connectivity index (χ0n) is 16.2. The number of hydrogen-bond donors (Lipinski definition) is 4. The van der Waals surface area contributed by atoms with Crippen molar-refractivity contribution in [2.75, 3.05) is 52.3 Å².